The highest BCUT2D eigenvalue weighted by Crippen LogP contribution is 2.13. The zero-order chi connectivity index (χ0) is 13.7. The fourth-order valence-electron chi connectivity index (χ4n) is 1.66. The fraction of sp³-hybridized carbons (Fsp3) is 0.154. The van der Waals surface area contributed by atoms with Gasteiger partial charge in [-0.2, -0.15) is 0 Å². The van der Waals surface area contributed by atoms with Crippen LogP contribution in [0, 0.1) is 10.1 Å². The van der Waals surface area contributed by atoms with E-state index in [9.17, 15) is 10.1 Å². The second-order valence-corrected chi connectivity index (χ2v) is 4.07. The van der Waals surface area contributed by atoms with Crippen molar-refractivity contribution in [1.82, 2.24) is 4.98 Å². The van der Waals surface area contributed by atoms with E-state index in [2.05, 4.69) is 10.3 Å². The van der Waals surface area contributed by atoms with Gasteiger partial charge in [0.1, 0.15) is 5.82 Å². The van der Waals surface area contributed by atoms with Gasteiger partial charge in [0, 0.05) is 36.6 Å². The Morgan fingerprint density at radius 2 is 2.00 bits per heavy atom. The lowest BCUT2D eigenvalue weighted by atomic mass is 10.1. The first-order valence-electron chi connectivity index (χ1n) is 5.84. The molecular weight excluding hydrogens is 244 g/mol. The molecule has 0 spiro atoms. The topological polar surface area (TPSA) is 94.1 Å². The van der Waals surface area contributed by atoms with Crippen LogP contribution in [0.1, 0.15) is 5.56 Å². The monoisotopic (exact) mass is 258 g/mol. The number of aromatic nitrogens is 1. The molecule has 1 aromatic heterocycles. The first kappa shape index (κ1) is 12.8. The standard InChI is InChI=1S/C13H14N4O2/c14-11-6-8-16-13(9-11)15-7-5-10-1-3-12(4-2-10)17(18)19/h1-4,6,8-9H,5,7H2,(H3,14,15,16). The molecule has 98 valence electrons. The lowest BCUT2D eigenvalue weighted by molar-refractivity contribution is -0.384. The molecule has 0 aliphatic heterocycles. The summed E-state index contributed by atoms with van der Waals surface area (Å²) in [4.78, 5) is 14.2. The Bertz CT molecular complexity index is 569. The summed E-state index contributed by atoms with van der Waals surface area (Å²) in [5.41, 5.74) is 7.44. The van der Waals surface area contributed by atoms with Crippen LogP contribution in [0.25, 0.3) is 0 Å². The third-order valence-electron chi connectivity index (χ3n) is 2.65. The van der Waals surface area contributed by atoms with E-state index in [1.54, 1.807) is 30.5 Å². The average molecular weight is 258 g/mol. The van der Waals surface area contributed by atoms with Gasteiger partial charge in [0.2, 0.25) is 0 Å². The largest absolute Gasteiger partial charge is 0.399 e. The first-order valence-corrected chi connectivity index (χ1v) is 5.84. The molecule has 0 atom stereocenters. The molecule has 0 fully saturated rings. The van der Waals surface area contributed by atoms with E-state index < -0.39 is 4.92 Å². The van der Waals surface area contributed by atoms with E-state index in [-0.39, 0.29) is 5.69 Å². The Labute approximate surface area is 110 Å². The number of nitro benzene ring substituents is 1. The van der Waals surface area contributed by atoms with Crippen molar-refractivity contribution in [3.63, 3.8) is 0 Å². The Kier molecular flexibility index (Phi) is 3.92. The van der Waals surface area contributed by atoms with Crippen LogP contribution < -0.4 is 11.1 Å². The van der Waals surface area contributed by atoms with Crippen molar-refractivity contribution >= 4 is 17.2 Å². The number of non-ortho nitro benzene ring substituents is 1. The van der Waals surface area contributed by atoms with Gasteiger partial charge in [-0.3, -0.25) is 10.1 Å². The van der Waals surface area contributed by atoms with Gasteiger partial charge in [-0.1, -0.05) is 12.1 Å². The Hall–Kier alpha value is -2.63. The number of nitrogens with one attached hydrogen (secondary N) is 1. The molecule has 0 saturated heterocycles. The molecule has 1 heterocycles. The van der Waals surface area contributed by atoms with Gasteiger partial charge < -0.3 is 11.1 Å². The van der Waals surface area contributed by atoms with Crippen LogP contribution in [0.15, 0.2) is 42.6 Å². The molecule has 0 saturated carbocycles. The summed E-state index contributed by atoms with van der Waals surface area (Å²) in [6, 6.07) is 10.0. The number of anilines is 2. The zero-order valence-electron chi connectivity index (χ0n) is 10.2. The average Bonchev–Trinajstić information content (AvgIpc) is 2.39. The van der Waals surface area contributed by atoms with Gasteiger partial charge >= 0.3 is 0 Å². The van der Waals surface area contributed by atoms with Crippen molar-refractivity contribution in [1.29, 1.82) is 0 Å². The fourth-order valence-corrected chi connectivity index (χ4v) is 1.66. The van der Waals surface area contributed by atoms with Gasteiger partial charge in [0.25, 0.3) is 5.69 Å². The summed E-state index contributed by atoms with van der Waals surface area (Å²) in [5.74, 6) is 0.724. The van der Waals surface area contributed by atoms with E-state index in [0.717, 1.165) is 17.8 Å². The van der Waals surface area contributed by atoms with E-state index in [1.807, 2.05) is 0 Å². The molecule has 0 amide bonds. The quantitative estimate of drug-likeness (QED) is 0.633. The van der Waals surface area contributed by atoms with Crippen LogP contribution in [0.5, 0.6) is 0 Å². The molecule has 6 nitrogen and oxygen atoms in total. The second kappa shape index (κ2) is 5.81. The van der Waals surface area contributed by atoms with Gasteiger partial charge in [-0.15, -0.1) is 0 Å². The number of benzene rings is 1. The second-order valence-electron chi connectivity index (χ2n) is 4.07. The van der Waals surface area contributed by atoms with E-state index in [4.69, 9.17) is 5.73 Å². The van der Waals surface area contributed by atoms with Crippen LogP contribution in [0.2, 0.25) is 0 Å². The predicted octanol–water partition coefficient (Wildman–Crippen LogP) is 2.23. The number of pyridine rings is 1. The van der Waals surface area contributed by atoms with Crippen molar-refractivity contribution in [2.45, 2.75) is 6.42 Å². The van der Waals surface area contributed by atoms with E-state index in [1.165, 1.54) is 12.1 Å². The van der Waals surface area contributed by atoms with Gasteiger partial charge in [0.15, 0.2) is 0 Å². The van der Waals surface area contributed by atoms with E-state index >= 15 is 0 Å². The number of nitrogens with two attached hydrogens (primary N) is 1. The maximum Gasteiger partial charge on any atom is 0.269 e. The zero-order valence-corrected chi connectivity index (χ0v) is 10.2. The summed E-state index contributed by atoms with van der Waals surface area (Å²) in [6.45, 7) is 0.689. The smallest absolute Gasteiger partial charge is 0.269 e. The molecule has 1 aromatic carbocycles. The van der Waals surface area contributed by atoms with Crippen molar-refractivity contribution in [2.24, 2.45) is 0 Å². The third kappa shape index (κ3) is 3.67. The molecule has 0 bridgehead atoms. The molecule has 0 aliphatic rings. The highest BCUT2D eigenvalue weighted by molar-refractivity contribution is 5.48. The minimum Gasteiger partial charge on any atom is -0.399 e. The number of hydrogen-bond donors (Lipinski definition) is 2. The SMILES string of the molecule is Nc1ccnc(NCCc2ccc([N+](=O)[O-])cc2)c1. The van der Waals surface area contributed by atoms with Crippen molar-refractivity contribution in [3.05, 3.63) is 58.3 Å². The van der Waals surface area contributed by atoms with E-state index in [0.29, 0.717) is 12.2 Å². The van der Waals surface area contributed by atoms with Crippen LogP contribution in [-0.2, 0) is 6.42 Å². The number of hydrogen-bond acceptors (Lipinski definition) is 5. The summed E-state index contributed by atoms with van der Waals surface area (Å²) in [5, 5.41) is 13.7. The molecule has 2 rings (SSSR count). The van der Waals surface area contributed by atoms with Crippen LogP contribution >= 0.6 is 0 Å². The third-order valence-corrected chi connectivity index (χ3v) is 2.65. The van der Waals surface area contributed by atoms with Gasteiger partial charge in [-0.25, -0.2) is 4.98 Å². The predicted molar refractivity (Wildman–Crippen MR) is 73.9 cm³/mol. The van der Waals surface area contributed by atoms with Crippen LogP contribution in [0.3, 0.4) is 0 Å². The van der Waals surface area contributed by atoms with Crippen LogP contribution in [0.4, 0.5) is 17.2 Å². The Balaban J connectivity index is 1.87. The molecule has 3 N–H and O–H groups in total. The Morgan fingerprint density at radius 3 is 2.63 bits per heavy atom. The molecule has 0 unspecified atom stereocenters. The van der Waals surface area contributed by atoms with Crippen LogP contribution in [-0.4, -0.2) is 16.5 Å². The molecule has 2 aromatic rings. The molecule has 19 heavy (non-hydrogen) atoms. The van der Waals surface area contributed by atoms with Crippen molar-refractivity contribution < 1.29 is 4.92 Å². The number of nitro groups is 1. The summed E-state index contributed by atoms with van der Waals surface area (Å²) >= 11 is 0. The summed E-state index contributed by atoms with van der Waals surface area (Å²) < 4.78 is 0. The maximum absolute atomic E-state index is 10.5. The first-order chi connectivity index (χ1) is 9.15. The van der Waals surface area contributed by atoms with Gasteiger partial charge in [-0.05, 0) is 18.1 Å². The Morgan fingerprint density at radius 1 is 1.26 bits per heavy atom. The van der Waals surface area contributed by atoms with Crippen molar-refractivity contribution in [2.75, 3.05) is 17.6 Å². The maximum atomic E-state index is 10.5. The highest BCUT2D eigenvalue weighted by Gasteiger charge is 2.03. The lowest BCUT2D eigenvalue weighted by Crippen LogP contribution is -2.06. The number of nitrogen functional groups attached to an aromatic ring is 1. The molecule has 0 aliphatic carbocycles. The molecule has 0 radical (unpaired) electrons. The van der Waals surface area contributed by atoms with Crippen molar-refractivity contribution in [3.8, 4) is 0 Å². The summed E-state index contributed by atoms with van der Waals surface area (Å²) in [6.07, 6.45) is 2.40. The lowest BCUT2D eigenvalue weighted by Gasteiger charge is -2.06. The molecular formula is C13H14N4O2. The highest BCUT2D eigenvalue weighted by atomic mass is 16.6. The minimum atomic E-state index is -0.404. The normalized spacial score (nSPS) is 10.1. The number of rotatable bonds is 5. The minimum absolute atomic E-state index is 0.106. The summed E-state index contributed by atoms with van der Waals surface area (Å²) in [7, 11) is 0. The number of nitrogens with zero attached hydrogens (tertiary/aromatic N) is 2. The van der Waals surface area contributed by atoms with Gasteiger partial charge in [0.05, 0.1) is 4.92 Å². The molecule has 6 heteroatoms.